The van der Waals surface area contributed by atoms with Crippen LogP contribution >= 0.6 is 0 Å². The number of carbonyl (C=O) groups excluding carboxylic acids is 2. The van der Waals surface area contributed by atoms with Crippen molar-refractivity contribution in [3.63, 3.8) is 0 Å². The van der Waals surface area contributed by atoms with Crippen LogP contribution < -0.4 is 15.4 Å². The number of carbonyl (C=O) groups is 2. The van der Waals surface area contributed by atoms with Crippen LogP contribution in [0.25, 0.3) is 0 Å². The van der Waals surface area contributed by atoms with E-state index in [-0.39, 0.29) is 23.9 Å². The minimum Gasteiger partial charge on any atom is -0.457 e. The highest BCUT2D eigenvalue weighted by Crippen LogP contribution is 2.36. The Hall–Kier alpha value is -3.88. The Labute approximate surface area is 189 Å². The van der Waals surface area contributed by atoms with Gasteiger partial charge in [0.05, 0.1) is 5.56 Å². The first kappa shape index (κ1) is 22.3. The first-order valence-electron chi connectivity index (χ1n) is 10.4. The molecule has 3 aromatic rings. The highest BCUT2D eigenvalue weighted by Gasteiger charge is 2.51. The smallest absolute Gasteiger partial charge is 0.270 e. The third kappa shape index (κ3) is 5.49. The van der Waals surface area contributed by atoms with Crippen LogP contribution in [-0.4, -0.2) is 27.3 Å². The van der Waals surface area contributed by atoms with Crippen molar-refractivity contribution in [1.82, 2.24) is 20.6 Å². The van der Waals surface area contributed by atoms with E-state index in [2.05, 4.69) is 20.6 Å². The average molecular weight is 452 g/mol. The number of ether oxygens (including phenoxy) is 1. The van der Waals surface area contributed by atoms with Crippen LogP contribution in [0, 0.1) is 0 Å². The topological polar surface area (TPSA) is 93.2 Å². The largest absolute Gasteiger partial charge is 0.457 e. The molecule has 170 valence electrons. The maximum Gasteiger partial charge on any atom is 0.270 e. The van der Waals surface area contributed by atoms with Crippen molar-refractivity contribution >= 4 is 11.8 Å². The monoisotopic (exact) mass is 452 g/mol. The fourth-order valence-electron chi connectivity index (χ4n) is 3.22. The molecule has 1 heterocycles. The van der Waals surface area contributed by atoms with Crippen molar-refractivity contribution < 1.29 is 23.1 Å². The first-order valence-corrected chi connectivity index (χ1v) is 10.4. The molecule has 1 aliphatic rings. The van der Waals surface area contributed by atoms with Gasteiger partial charge >= 0.3 is 0 Å². The molecule has 0 unspecified atom stereocenters. The van der Waals surface area contributed by atoms with E-state index in [9.17, 15) is 18.4 Å². The van der Waals surface area contributed by atoms with Gasteiger partial charge in [0, 0.05) is 31.4 Å². The van der Waals surface area contributed by atoms with Crippen molar-refractivity contribution in [3.8, 4) is 11.5 Å². The van der Waals surface area contributed by atoms with Gasteiger partial charge in [-0.05, 0) is 54.8 Å². The summed E-state index contributed by atoms with van der Waals surface area (Å²) in [6.45, 7) is 1.13. The standard InChI is InChI=1S/C24H22F2N4O3/c1-23(25,26)18-4-8-20(9-5-18)33-19-6-2-16(3-7-19)12-29-22(32)24(10-11-24)30-21(31)17-13-27-15-28-14-17/h2-9,13-15H,10-12H2,1H3,(H,29,32)(H,30,31). The number of rotatable bonds is 8. The van der Waals surface area contributed by atoms with E-state index >= 15 is 0 Å². The van der Waals surface area contributed by atoms with Crippen molar-refractivity contribution in [2.45, 2.75) is 37.8 Å². The lowest BCUT2D eigenvalue weighted by Gasteiger charge is -2.17. The quantitative estimate of drug-likeness (QED) is 0.540. The van der Waals surface area contributed by atoms with Crippen LogP contribution in [0.5, 0.6) is 11.5 Å². The molecule has 33 heavy (non-hydrogen) atoms. The summed E-state index contributed by atoms with van der Waals surface area (Å²) in [4.78, 5) is 32.6. The lowest BCUT2D eigenvalue weighted by molar-refractivity contribution is -0.124. The van der Waals surface area contributed by atoms with Gasteiger partial charge in [0.25, 0.3) is 11.8 Å². The number of benzene rings is 2. The SMILES string of the molecule is CC(F)(F)c1ccc(Oc2ccc(CNC(=O)C3(NC(=O)c4cncnc4)CC3)cc2)cc1. The molecular weight excluding hydrogens is 430 g/mol. The zero-order valence-electron chi connectivity index (χ0n) is 17.8. The molecule has 7 nitrogen and oxygen atoms in total. The van der Waals surface area contributed by atoms with E-state index in [0.717, 1.165) is 12.5 Å². The summed E-state index contributed by atoms with van der Waals surface area (Å²) < 4.78 is 32.3. The number of alkyl halides is 2. The molecule has 1 aliphatic carbocycles. The molecule has 2 aromatic carbocycles. The molecule has 0 saturated heterocycles. The molecular formula is C24H22F2N4O3. The zero-order valence-corrected chi connectivity index (χ0v) is 17.8. The Balaban J connectivity index is 1.29. The number of hydrogen-bond donors (Lipinski definition) is 2. The number of aromatic nitrogens is 2. The number of hydrogen-bond acceptors (Lipinski definition) is 5. The highest BCUT2D eigenvalue weighted by molar-refractivity contribution is 6.00. The fourth-order valence-corrected chi connectivity index (χ4v) is 3.22. The van der Waals surface area contributed by atoms with E-state index in [1.807, 2.05) is 0 Å². The van der Waals surface area contributed by atoms with Crippen molar-refractivity contribution in [2.75, 3.05) is 0 Å². The second kappa shape index (κ2) is 8.93. The third-order valence-electron chi connectivity index (χ3n) is 5.33. The fraction of sp³-hybridized carbons (Fsp3) is 0.250. The molecule has 4 rings (SSSR count). The highest BCUT2D eigenvalue weighted by atomic mass is 19.3. The number of amides is 2. The second-order valence-electron chi connectivity index (χ2n) is 8.00. The van der Waals surface area contributed by atoms with E-state index in [0.29, 0.717) is 29.9 Å². The van der Waals surface area contributed by atoms with Crippen LogP contribution in [-0.2, 0) is 17.3 Å². The Morgan fingerprint density at radius 1 is 1.00 bits per heavy atom. The lowest BCUT2D eigenvalue weighted by atomic mass is 10.1. The molecule has 0 radical (unpaired) electrons. The third-order valence-corrected chi connectivity index (χ3v) is 5.33. The summed E-state index contributed by atoms with van der Waals surface area (Å²) >= 11 is 0. The van der Waals surface area contributed by atoms with Crippen LogP contribution in [0.2, 0.25) is 0 Å². The van der Waals surface area contributed by atoms with E-state index < -0.39 is 11.5 Å². The summed E-state index contributed by atoms with van der Waals surface area (Å²) in [7, 11) is 0. The number of nitrogens with one attached hydrogen (secondary N) is 2. The molecule has 2 amide bonds. The molecule has 1 saturated carbocycles. The number of nitrogens with zero attached hydrogens (tertiary/aromatic N) is 2. The predicted molar refractivity (Wildman–Crippen MR) is 116 cm³/mol. The summed E-state index contributed by atoms with van der Waals surface area (Å²) in [5.74, 6) is -2.56. The predicted octanol–water partition coefficient (Wildman–Crippen LogP) is 3.96. The first-order chi connectivity index (χ1) is 15.7. The van der Waals surface area contributed by atoms with Gasteiger partial charge < -0.3 is 15.4 Å². The van der Waals surface area contributed by atoms with Crippen molar-refractivity contribution in [1.29, 1.82) is 0 Å². The Bertz CT molecular complexity index is 1130. The van der Waals surface area contributed by atoms with Gasteiger partial charge in [-0.2, -0.15) is 0 Å². The van der Waals surface area contributed by atoms with Gasteiger partial charge in [-0.25, -0.2) is 18.7 Å². The second-order valence-corrected chi connectivity index (χ2v) is 8.00. The molecule has 0 spiro atoms. The van der Waals surface area contributed by atoms with Gasteiger partial charge in [-0.3, -0.25) is 9.59 Å². The minimum absolute atomic E-state index is 0.0809. The number of halogens is 2. The molecule has 9 heteroatoms. The van der Waals surface area contributed by atoms with Gasteiger partial charge in [0.1, 0.15) is 23.4 Å². The minimum atomic E-state index is -2.90. The average Bonchev–Trinajstić information content (AvgIpc) is 3.59. The normalized spacial score (nSPS) is 14.3. The summed E-state index contributed by atoms with van der Waals surface area (Å²) in [5.41, 5.74) is 0.153. The lowest BCUT2D eigenvalue weighted by Crippen LogP contribution is -2.48. The van der Waals surface area contributed by atoms with Gasteiger partial charge in [0.15, 0.2) is 0 Å². The van der Waals surface area contributed by atoms with Crippen molar-refractivity contribution in [2.24, 2.45) is 0 Å². The van der Waals surface area contributed by atoms with Crippen LogP contribution in [0.3, 0.4) is 0 Å². The van der Waals surface area contributed by atoms with Crippen LogP contribution in [0.4, 0.5) is 8.78 Å². The van der Waals surface area contributed by atoms with Gasteiger partial charge in [-0.1, -0.05) is 12.1 Å². The summed E-state index contributed by atoms with van der Waals surface area (Å²) in [6.07, 6.45) is 5.25. The zero-order chi connectivity index (χ0) is 23.5. The van der Waals surface area contributed by atoms with E-state index in [4.69, 9.17) is 4.74 Å². The molecule has 0 bridgehead atoms. The molecule has 0 atom stereocenters. The molecule has 1 aromatic heterocycles. The Morgan fingerprint density at radius 2 is 1.58 bits per heavy atom. The maximum atomic E-state index is 13.3. The van der Waals surface area contributed by atoms with E-state index in [1.165, 1.54) is 43.0 Å². The summed E-state index contributed by atoms with van der Waals surface area (Å²) in [6, 6.07) is 12.7. The van der Waals surface area contributed by atoms with E-state index in [1.54, 1.807) is 24.3 Å². The van der Waals surface area contributed by atoms with Crippen molar-refractivity contribution in [3.05, 3.63) is 83.9 Å². The Kier molecular flexibility index (Phi) is 6.04. The van der Waals surface area contributed by atoms with Crippen LogP contribution in [0.1, 0.15) is 41.3 Å². The summed E-state index contributed by atoms with van der Waals surface area (Å²) in [5, 5.41) is 5.62. The van der Waals surface area contributed by atoms with Gasteiger partial charge in [-0.15, -0.1) is 0 Å². The molecule has 2 N–H and O–H groups in total. The molecule has 0 aliphatic heterocycles. The maximum absolute atomic E-state index is 13.3. The molecule has 1 fully saturated rings. The van der Waals surface area contributed by atoms with Gasteiger partial charge in [0.2, 0.25) is 5.91 Å². The Morgan fingerprint density at radius 3 is 2.12 bits per heavy atom. The van der Waals surface area contributed by atoms with Crippen LogP contribution in [0.15, 0.2) is 67.3 Å².